The van der Waals surface area contributed by atoms with Gasteiger partial charge in [-0.15, -0.1) is 0 Å². The van der Waals surface area contributed by atoms with Crippen LogP contribution in [0.25, 0.3) is 22.6 Å². The van der Waals surface area contributed by atoms with Crippen LogP contribution in [0.15, 0.2) is 41.2 Å². The third kappa shape index (κ3) is 5.06. The van der Waals surface area contributed by atoms with Gasteiger partial charge < -0.3 is 20.4 Å². The molecule has 1 aromatic carbocycles. The molecule has 1 amide bonds. The highest BCUT2D eigenvalue weighted by Gasteiger charge is 2.19. The van der Waals surface area contributed by atoms with Crippen molar-refractivity contribution in [3.05, 3.63) is 42.1 Å². The molecule has 0 aliphatic carbocycles. The van der Waals surface area contributed by atoms with E-state index < -0.39 is 10.8 Å². The van der Waals surface area contributed by atoms with Crippen LogP contribution in [0.3, 0.4) is 0 Å². The van der Waals surface area contributed by atoms with Crippen molar-refractivity contribution in [2.75, 3.05) is 43.4 Å². The summed E-state index contributed by atoms with van der Waals surface area (Å²) in [5, 5.41) is 10.4. The first-order chi connectivity index (χ1) is 17.5. The van der Waals surface area contributed by atoms with Crippen molar-refractivity contribution in [2.24, 2.45) is 0 Å². The average molecular weight is 511 g/mol. The molecule has 36 heavy (non-hydrogen) atoms. The van der Waals surface area contributed by atoms with Gasteiger partial charge in [0, 0.05) is 66.7 Å². The SMILES string of the molecule is CCn1c(-c2nonc2N)nc2cnc(Oc3cccc(C(=O)NCCN4CCS(=O)CC4)c3)cc21. The van der Waals surface area contributed by atoms with Crippen molar-refractivity contribution in [1.82, 2.24) is 35.1 Å². The number of nitrogen functional groups attached to an aromatic ring is 1. The molecule has 0 spiro atoms. The Morgan fingerprint density at radius 1 is 1.25 bits per heavy atom. The Morgan fingerprint density at radius 2 is 2.08 bits per heavy atom. The molecule has 4 heterocycles. The van der Waals surface area contributed by atoms with Gasteiger partial charge >= 0.3 is 0 Å². The van der Waals surface area contributed by atoms with Gasteiger partial charge in [0.25, 0.3) is 5.91 Å². The van der Waals surface area contributed by atoms with Crippen LogP contribution in [-0.2, 0) is 17.3 Å². The second-order valence-corrected chi connectivity index (χ2v) is 9.96. The molecule has 188 valence electrons. The highest BCUT2D eigenvalue weighted by molar-refractivity contribution is 7.85. The molecule has 1 saturated heterocycles. The molecule has 1 aliphatic rings. The Morgan fingerprint density at radius 3 is 2.83 bits per heavy atom. The van der Waals surface area contributed by atoms with Gasteiger partial charge in [-0.2, -0.15) is 0 Å². The van der Waals surface area contributed by atoms with E-state index >= 15 is 0 Å². The number of nitrogens with two attached hydrogens (primary N) is 1. The lowest BCUT2D eigenvalue weighted by molar-refractivity contribution is 0.0948. The summed E-state index contributed by atoms with van der Waals surface area (Å²) in [6, 6.07) is 8.71. The summed E-state index contributed by atoms with van der Waals surface area (Å²) in [5.74, 6) is 2.74. The molecular weight excluding hydrogens is 484 g/mol. The number of anilines is 1. The maximum atomic E-state index is 12.7. The third-order valence-corrected chi connectivity index (χ3v) is 7.23. The van der Waals surface area contributed by atoms with E-state index in [1.54, 1.807) is 36.5 Å². The van der Waals surface area contributed by atoms with Gasteiger partial charge in [0.05, 0.1) is 11.7 Å². The summed E-state index contributed by atoms with van der Waals surface area (Å²) in [5.41, 5.74) is 8.14. The van der Waals surface area contributed by atoms with Gasteiger partial charge in [-0.3, -0.25) is 13.9 Å². The first-order valence-corrected chi connectivity index (χ1v) is 13.1. The van der Waals surface area contributed by atoms with Crippen LogP contribution in [-0.4, -0.2) is 77.5 Å². The van der Waals surface area contributed by atoms with E-state index in [-0.39, 0.29) is 11.7 Å². The zero-order chi connectivity index (χ0) is 25.1. The monoisotopic (exact) mass is 510 g/mol. The van der Waals surface area contributed by atoms with Crippen LogP contribution in [0.1, 0.15) is 17.3 Å². The van der Waals surface area contributed by atoms with Gasteiger partial charge in [0.2, 0.25) is 5.88 Å². The molecular formula is C23H26N8O4S. The van der Waals surface area contributed by atoms with Gasteiger partial charge in [-0.05, 0) is 35.4 Å². The zero-order valence-electron chi connectivity index (χ0n) is 19.7. The largest absolute Gasteiger partial charge is 0.439 e. The molecule has 3 N–H and O–H groups in total. The lowest BCUT2D eigenvalue weighted by Crippen LogP contribution is -2.42. The molecule has 0 radical (unpaired) electrons. The third-order valence-electron chi connectivity index (χ3n) is 5.95. The van der Waals surface area contributed by atoms with E-state index in [2.05, 4.69) is 30.5 Å². The van der Waals surface area contributed by atoms with E-state index in [0.717, 1.165) is 25.2 Å². The Balaban J connectivity index is 1.27. The summed E-state index contributed by atoms with van der Waals surface area (Å²) in [6.07, 6.45) is 1.61. The van der Waals surface area contributed by atoms with E-state index in [0.29, 0.717) is 58.8 Å². The minimum atomic E-state index is -0.709. The predicted octanol–water partition coefficient (Wildman–Crippen LogP) is 1.67. The number of hydrogen-bond donors (Lipinski definition) is 2. The molecule has 13 heteroatoms. The number of benzene rings is 1. The van der Waals surface area contributed by atoms with Crippen LogP contribution in [0, 0.1) is 0 Å². The number of imidazole rings is 1. The summed E-state index contributed by atoms with van der Waals surface area (Å²) >= 11 is 0. The van der Waals surface area contributed by atoms with Crippen molar-refractivity contribution in [3.8, 4) is 23.1 Å². The molecule has 5 rings (SSSR count). The van der Waals surface area contributed by atoms with Crippen molar-refractivity contribution < 1.29 is 18.4 Å². The molecule has 4 aromatic rings. The Labute approximate surface area is 209 Å². The highest BCUT2D eigenvalue weighted by Crippen LogP contribution is 2.29. The normalized spacial score (nSPS) is 14.8. The molecule has 0 atom stereocenters. The van der Waals surface area contributed by atoms with Crippen LogP contribution < -0.4 is 15.8 Å². The first kappa shape index (κ1) is 23.9. The number of aromatic nitrogens is 5. The first-order valence-electron chi connectivity index (χ1n) is 11.6. The van der Waals surface area contributed by atoms with E-state index in [9.17, 15) is 9.00 Å². The Hall–Kier alpha value is -3.84. The number of carbonyl (C=O) groups excluding carboxylic acids is 1. The molecule has 3 aromatic heterocycles. The zero-order valence-corrected chi connectivity index (χ0v) is 20.5. The van der Waals surface area contributed by atoms with Crippen LogP contribution >= 0.6 is 0 Å². The number of aryl methyl sites for hydroxylation is 1. The number of amides is 1. The number of nitrogens with one attached hydrogen (secondary N) is 1. The van der Waals surface area contributed by atoms with Crippen molar-refractivity contribution in [3.63, 3.8) is 0 Å². The summed E-state index contributed by atoms with van der Waals surface area (Å²) in [4.78, 5) is 23.8. The second-order valence-electron chi connectivity index (χ2n) is 8.26. The number of nitrogens with zero attached hydrogens (tertiary/aromatic N) is 6. The number of pyridine rings is 1. The smallest absolute Gasteiger partial charge is 0.251 e. The number of hydrogen-bond acceptors (Lipinski definition) is 10. The molecule has 1 fully saturated rings. The van der Waals surface area contributed by atoms with Gasteiger partial charge in [-0.25, -0.2) is 14.6 Å². The molecule has 0 saturated carbocycles. The quantitative estimate of drug-likeness (QED) is 0.358. The second kappa shape index (κ2) is 10.4. The van der Waals surface area contributed by atoms with Crippen LogP contribution in [0.4, 0.5) is 5.82 Å². The molecule has 12 nitrogen and oxygen atoms in total. The van der Waals surface area contributed by atoms with Gasteiger partial charge in [0.1, 0.15) is 11.3 Å². The maximum Gasteiger partial charge on any atom is 0.251 e. The number of fused-ring (bicyclic) bond motifs is 1. The highest BCUT2D eigenvalue weighted by atomic mass is 32.2. The Kier molecular flexibility index (Phi) is 6.91. The standard InChI is InChI=1S/C23H26N8O4S/c1-2-31-18-13-19(26-14-17(18)27-22(31)20-21(24)29-35-28-20)34-16-5-3-4-15(12-16)23(32)25-6-7-30-8-10-36(33)11-9-30/h3-5,12-14H,2,6-11H2,1H3,(H2,24,29)(H,25,32). The van der Waals surface area contributed by atoms with Crippen LogP contribution in [0.5, 0.6) is 11.6 Å². The molecule has 1 aliphatic heterocycles. The predicted molar refractivity (Wildman–Crippen MR) is 134 cm³/mol. The van der Waals surface area contributed by atoms with E-state index in [1.165, 1.54) is 0 Å². The minimum absolute atomic E-state index is 0.159. The lowest BCUT2D eigenvalue weighted by atomic mass is 10.2. The molecule has 0 bridgehead atoms. The minimum Gasteiger partial charge on any atom is -0.439 e. The van der Waals surface area contributed by atoms with E-state index in [1.807, 2.05) is 11.5 Å². The number of carbonyl (C=O) groups is 1. The number of ether oxygens (including phenoxy) is 1. The maximum absolute atomic E-state index is 12.7. The topological polar surface area (TPSA) is 154 Å². The summed E-state index contributed by atoms with van der Waals surface area (Å²) in [7, 11) is -0.709. The van der Waals surface area contributed by atoms with Crippen molar-refractivity contribution >= 4 is 33.6 Å². The summed E-state index contributed by atoms with van der Waals surface area (Å²) < 4.78 is 24.1. The lowest BCUT2D eigenvalue weighted by Gasteiger charge is -2.25. The fourth-order valence-electron chi connectivity index (χ4n) is 4.07. The average Bonchev–Trinajstić information content (AvgIpc) is 3.47. The number of rotatable bonds is 8. The van der Waals surface area contributed by atoms with Crippen LogP contribution in [0.2, 0.25) is 0 Å². The fraction of sp³-hybridized carbons (Fsp3) is 0.348. The van der Waals surface area contributed by atoms with Crippen molar-refractivity contribution in [1.29, 1.82) is 0 Å². The van der Waals surface area contributed by atoms with Crippen molar-refractivity contribution in [2.45, 2.75) is 13.5 Å². The van der Waals surface area contributed by atoms with Gasteiger partial charge in [-0.1, -0.05) is 6.07 Å². The molecule has 0 unspecified atom stereocenters. The van der Waals surface area contributed by atoms with Gasteiger partial charge in [0.15, 0.2) is 17.3 Å². The fourth-order valence-corrected chi connectivity index (χ4v) is 5.20. The van der Waals surface area contributed by atoms with E-state index in [4.69, 9.17) is 15.1 Å². The summed E-state index contributed by atoms with van der Waals surface area (Å²) in [6.45, 7) is 5.42. The Bertz CT molecular complexity index is 1410.